The number of amides is 1. The Kier molecular flexibility index (Phi) is 6.21. The van der Waals surface area contributed by atoms with Crippen molar-refractivity contribution in [1.29, 1.82) is 0 Å². The molecule has 0 aromatic heterocycles. The van der Waals surface area contributed by atoms with E-state index >= 15 is 0 Å². The van der Waals surface area contributed by atoms with Crippen LogP contribution in [0.2, 0.25) is 0 Å². The number of hydrogen-bond acceptors (Lipinski definition) is 3. The number of carbonyl (C=O) groups excluding carboxylic acids is 1. The Balaban J connectivity index is 1.87. The molecule has 25 heavy (non-hydrogen) atoms. The van der Waals surface area contributed by atoms with Crippen molar-refractivity contribution in [3.8, 4) is 5.75 Å². The van der Waals surface area contributed by atoms with E-state index in [0.717, 1.165) is 22.4 Å². The summed E-state index contributed by atoms with van der Waals surface area (Å²) < 4.78 is 5.72. The van der Waals surface area contributed by atoms with Gasteiger partial charge in [0.2, 0.25) is 0 Å². The van der Waals surface area contributed by atoms with E-state index in [9.17, 15) is 9.90 Å². The zero-order chi connectivity index (χ0) is 18.4. The first-order chi connectivity index (χ1) is 11.8. The van der Waals surface area contributed by atoms with Crippen LogP contribution < -0.4 is 10.1 Å². The van der Waals surface area contributed by atoms with Crippen LogP contribution in [0.25, 0.3) is 0 Å². The Morgan fingerprint density at radius 2 is 1.76 bits per heavy atom. The summed E-state index contributed by atoms with van der Waals surface area (Å²) in [6.45, 7) is 8.50. The fraction of sp³-hybridized carbons (Fsp3) is 0.381. The normalized spacial score (nSPS) is 12.5. The minimum Gasteiger partial charge on any atom is -0.483 e. The van der Waals surface area contributed by atoms with Crippen molar-refractivity contribution in [2.45, 2.75) is 45.8 Å². The van der Waals surface area contributed by atoms with Crippen molar-refractivity contribution < 1.29 is 14.6 Å². The molecule has 0 aliphatic heterocycles. The van der Waals surface area contributed by atoms with Crippen LogP contribution in [0.15, 0.2) is 48.5 Å². The molecule has 0 spiro atoms. The van der Waals surface area contributed by atoms with Gasteiger partial charge in [-0.25, -0.2) is 0 Å². The second-order valence-corrected chi connectivity index (χ2v) is 7.23. The summed E-state index contributed by atoms with van der Waals surface area (Å²) >= 11 is 0. The number of hydrogen-bond donors (Lipinski definition) is 2. The van der Waals surface area contributed by atoms with E-state index in [1.165, 1.54) is 0 Å². The number of aliphatic hydroxyl groups is 1. The maximum Gasteiger partial charge on any atom is 0.258 e. The van der Waals surface area contributed by atoms with Crippen LogP contribution in [-0.4, -0.2) is 17.6 Å². The minimum atomic E-state index is -0.486. The van der Waals surface area contributed by atoms with Gasteiger partial charge in [0.25, 0.3) is 5.91 Å². The number of ether oxygens (including phenoxy) is 1. The predicted octanol–water partition coefficient (Wildman–Crippen LogP) is 3.73. The van der Waals surface area contributed by atoms with Crippen LogP contribution in [0.1, 0.15) is 50.5 Å². The zero-order valence-corrected chi connectivity index (χ0v) is 15.4. The fourth-order valence-corrected chi connectivity index (χ4v) is 2.52. The first kappa shape index (κ1) is 19.0. The van der Waals surface area contributed by atoms with E-state index < -0.39 is 6.10 Å². The minimum absolute atomic E-state index is 0.0150. The molecule has 0 aliphatic rings. The molecule has 4 heteroatoms. The zero-order valence-electron chi connectivity index (χ0n) is 15.4. The van der Waals surface area contributed by atoms with Gasteiger partial charge < -0.3 is 15.2 Å². The lowest BCUT2D eigenvalue weighted by Gasteiger charge is -2.22. The van der Waals surface area contributed by atoms with E-state index in [4.69, 9.17) is 4.74 Å². The van der Waals surface area contributed by atoms with Crippen molar-refractivity contribution >= 4 is 5.91 Å². The Bertz CT molecular complexity index is 700. The predicted molar refractivity (Wildman–Crippen MR) is 99.6 cm³/mol. The van der Waals surface area contributed by atoms with Crippen molar-refractivity contribution in [2.24, 2.45) is 0 Å². The van der Waals surface area contributed by atoms with Crippen LogP contribution in [0.4, 0.5) is 0 Å². The molecule has 1 unspecified atom stereocenters. The number of benzene rings is 2. The van der Waals surface area contributed by atoms with Gasteiger partial charge >= 0.3 is 0 Å². The van der Waals surface area contributed by atoms with E-state index in [2.05, 4.69) is 26.1 Å². The Hall–Kier alpha value is -2.33. The summed E-state index contributed by atoms with van der Waals surface area (Å²) in [4.78, 5) is 12.0. The van der Waals surface area contributed by atoms with Gasteiger partial charge in [-0.1, -0.05) is 63.2 Å². The van der Waals surface area contributed by atoms with Crippen molar-refractivity contribution in [2.75, 3.05) is 6.61 Å². The highest BCUT2D eigenvalue weighted by Gasteiger charge is 2.18. The average Bonchev–Trinajstić information content (AvgIpc) is 2.58. The molecule has 0 bridgehead atoms. The number of aliphatic hydroxyl groups excluding tert-OH is 1. The van der Waals surface area contributed by atoms with Gasteiger partial charge in [-0.2, -0.15) is 0 Å². The smallest absolute Gasteiger partial charge is 0.258 e. The van der Waals surface area contributed by atoms with Crippen molar-refractivity contribution in [1.82, 2.24) is 5.32 Å². The molecule has 134 valence electrons. The number of para-hydroxylation sites is 1. The lowest BCUT2D eigenvalue weighted by molar-refractivity contribution is -0.123. The molecule has 2 aromatic carbocycles. The standard InChI is InChI=1S/C21H27NO3/c1-15(23)17-11-9-16(10-12-17)13-22-20(24)14-25-19-8-6-5-7-18(19)21(2,3)4/h5-12,15,23H,13-14H2,1-4H3,(H,22,24). The summed E-state index contributed by atoms with van der Waals surface area (Å²) in [5.41, 5.74) is 2.88. The van der Waals surface area contributed by atoms with E-state index in [1.807, 2.05) is 48.5 Å². The molecule has 0 fully saturated rings. The maximum atomic E-state index is 12.0. The van der Waals surface area contributed by atoms with Gasteiger partial charge in [-0.15, -0.1) is 0 Å². The maximum absolute atomic E-state index is 12.0. The lowest BCUT2D eigenvalue weighted by atomic mass is 9.86. The Morgan fingerprint density at radius 3 is 2.36 bits per heavy atom. The van der Waals surface area contributed by atoms with E-state index in [-0.39, 0.29) is 17.9 Å². The monoisotopic (exact) mass is 341 g/mol. The van der Waals surface area contributed by atoms with Crippen molar-refractivity contribution in [3.63, 3.8) is 0 Å². The average molecular weight is 341 g/mol. The summed E-state index contributed by atoms with van der Waals surface area (Å²) in [5, 5.41) is 12.4. The Morgan fingerprint density at radius 1 is 1.12 bits per heavy atom. The number of carbonyl (C=O) groups is 1. The van der Waals surface area contributed by atoms with Gasteiger partial charge in [0.05, 0.1) is 6.10 Å². The first-order valence-corrected chi connectivity index (χ1v) is 8.53. The first-order valence-electron chi connectivity index (χ1n) is 8.53. The highest BCUT2D eigenvalue weighted by Crippen LogP contribution is 2.30. The van der Waals surface area contributed by atoms with Crippen LogP contribution in [-0.2, 0) is 16.8 Å². The van der Waals surface area contributed by atoms with E-state index in [1.54, 1.807) is 6.92 Å². The summed E-state index contributed by atoms with van der Waals surface area (Å²) in [6, 6.07) is 15.3. The van der Waals surface area contributed by atoms with Crippen LogP contribution >= 0.6 is 0 Å². The van der Waals surface area contributed by atoms with Gasteiger partial charge in [0.15, 0.2) is 6.61 Å². The second-order valence-electron chi connectivity index (χ2n) is 7.23. The molecule has 1 amide bonds. The molecule has 4 nitrogen and oxygen atoms in total. The summed E-state index contributed by atoms with van der Waals surface area (Å²) in [7, 11) is 0. The fourth-order valence-electron chi connectivity index (χ4n) is 2.52. The molecule has 1 atom stereocenters. The van der Waals surface area contributed by atoms with Crippen LogP contribution in [0, 0.1) is 0 Å². The molecule has 0 aliphatic carbocycles. The molecular weight excluding hydrogens is 314 g/mol. The molecule has 2 rings (SSSR count). The topological polar surface area (TPSA) is 58.6 Å². The number of rotatable bonds is 6. The van der Waals surface area contributed by atoms with Crippen molar-refractivity contribution in [3.05, 3.63) is 65.2 Å². The second kappa shape index (κ2) is 8.17. The highest BCUT2D eigenvalue weighted by atomic mass is 16.5. The van der Waals surface area contributed by atoms with Gasteiger partial charge in [0, 0.05) is 6.54 Å². The highest BCUT2D eigenvalue weighted by molar-refractivity contribution is 5.77. The number of nitrogens with one attached hydrogen (secondary N) is 1. The van der Waals surface area contributed by atoms with E-state index in [0.29, 0.717) is 6.54 Å². The molecule has 2 aromatic rings. The van der Waals surface area contributed by atoms with Gasteiger partial charge in [-0.05, 0) is 35.1 Å². The van der Waals surface area contributed by atoms with Crippen LogP contribution in [0.5, 0.6) is 5.75 Å². The molecule has 0 radical (unpaired) electrons. The van der Waals surface area contributed by atoms with Crippen LogP contribution in [0.3, 0.4) is 0 Å². The quantitative estimate of drug-likeness (QED) is 0.842. The molecule has 0 saturated heterocycles. The molecular formula is C21H27NO3. The summed E-state index contributed by atoms with van der Waals surface area (Å²) in [5.74, 6) is 0.578. The third-order valence-corrected chi connectivity index (χ3v) is 4.01. The third kappa shape index (κ3) is 5.61. The summed E-state index contributed by atoms with van der Waals surface area (Å²) in [6.07, 6.45) is -0.486. The molecule has 0 saturated carbocycles. The SMILES string of the molecule is CC(O)c1ccc(CNC(=O)COc2ccccc2C(C)(C)C)cc1. The Labute approximate surface area is 149 Å². The third-order valence-electron chi connectivity index (χ3n) is 4.01. The van der Waals surface area contributed by atoms with Gasteiger partial charge in [0.1, 0.15) is 5.75 Å². The molecule has 2 N–H and O–H groups in total. The van der Waals surface area contributed by atoms with Gasteiger partial charge in [-0.3, -0.25) is 4.79 Å². The molecule has 0 heterocycles. The largest absolute Gasteiger partial charge is 0.483 e. The lowest BCUT2D eigenvalue weighted by Crippen LogP contribution is -2.29.